The highest BCUT2D eigenvalue weighted by Gasteiger charge is 2.25. The third-order valence-corrected chi connectivity index (χ3v) is 29.8. The molecular formula is C121H150N10O9Si5. The van der Waals surface area contributed by atoms with Crippen molar-refractivity contribution in [1.29, 1.82) is 0 Å². The maximum atomic E-state index is 11.4. The summed E-state index contributed by atoms with van der Waals surface area (Å²) in [5, 5.41) is 37.1. The predicted octanol–water partition coefficient (Wildman–Crippen LogP) is 35.5. The van der Waals surface area contributed by atoms with Crippen molar-refractivity contribution in [1.82, 2.24) is 0 Å². The molecule has 0 aliphatic carbocycles. The highest BCUT2D eigenvalue weighted by molar-refractivity contribution is 6.71. The van der Waals surface area contributed by atoms with Crippen LogP contribution >= 0.6 is 0 Å². The van der Waals surface area contributed by atoms with Crippen molar-refractivity contribution >= 4 is 209 Å². The first kappa shape index (κ1) is 113. The quantitative estimate of drug-likeness (QED) is 0.0117. The van der Waals surface area contributed by atoms with E-state index < -0.39 is 51.4 Å². The zero-order valence-corrected chi connectivity index (χ0v) is 95.5. The lowest BCUT2D eigenvalue weighted by molar-refractivity contribution is -0.385. The van der Waals surface area contributed by atoms with Crippen molar-refractivity contribution in [2.24, 2.45) is 39.9 Å². The molecule has 0 unspecified atom stereocenters. The fourth-order valence-corrected chi connectivity index (χ4v) is 20.8. The van der Waals surface area contributed by atoms with Crippen LogP contribution in [-0.2, 0) is 22.1 Å². The summed E-state index contributed by atoms with van der Waals surface area (Å²) < 4.78 is 30.6. The SMILES string of the molecule is CC(=Nc1c(C)ccc2ccccc12)C(CCCO[Si](C)(C)C)=Nc1c(C)ccc2ccccc12.CC(=Nc1c(C)ccc2ccccc12)C(CCCO[Si](C)(C)C)=Nc1c(C)ccc2ccccc12.CC(=Nc1cccc2ccccc12)C(CCCO[Si](C)(C)C)=Nc1cccc2ccccc12.Cc1cc([N+](=O)[O-])cc(C)c1N=C(CCCO[Si](C)(C)C)C(CCCO[Si](C)(C)C)=Nc1c(C)cc([N+](=O)[O-])cc1C. The van der Waals surface area contributed by atoms with Gasteiger partial charge < -0.3 is 22.1 Å². The van der Waals surface area contributed by atoms with Crippen molar-refractivity contribution < 1.29 is 32.0 Å². The molecule has 0 aliphatic rings. The Morgan fingerprint density at radius 3 is 0.703 bits per heavy atom. The standard InChI is InChI=1S/2C31H36N2OSi.C30H46N4O6Si2.C29H32N2OSi/c2*1-22-17-19-25-12-7-9-14-27(25)30(22)32-24(3)29(16-11-21-34-35(4,5)6)33-31-23(2)18-20-26-13-8-10-15-28(26)31;1-21-17-25(33(35)36)18-22(2)29(21)31-27(13-11-15-39-41(5,6)7)28(14-12-16-40-42(8,9)10)32-30-23(3)19-26(34(37)38)20-24(30)4;1-22(30-28-18-9-14-23-12-5-7-16-25(23)28)27(20-11-21-32-33(2,3)4)31-29-19-10-15-24-13-6-8-17-26(24)29/h2*7-10,12-15,17-20H,11,16,21H2,1-6H3;17-20H,11-16H2,1-10H3;5-10,12-19H,11,20-21H2,1-4H3. The molecule has 0 N–H and O–H groups in total. The van der Waals surface area contributed by atoms with E-state index in [2.05, 4.69) is 377 Å². The maximum absolute atomic E-state index is 11.4. The smallest absolute Gasteiger partial charge is 0.270 e. The Kier molecular flexibility index (Phi) is 40.6. The molecule has 0 heterocycles. The fourth-order valence-electron chi connectivity index (χ4n) is 17.1. The van der Waals surface area contributed by atoms with E-state index in [1.165, 1.54) is 76.1 Å². The average Bonchev–Trinajstić information content (AvgIpc) is 0.797. The number of nitrogens with zero attached hydrogens (tertiary/aromatic N) is 10. The van der Waals surface area contributed by atoms with Gasteiger partial charge >= 0.3 is 0 Å². The number of hydrogen-bond donors (Lipinski definition) is 0. The first-order valence-electron chi connectivity index (χ1n) is 50.9. The van der Waals surface area contributed by atoms with Gasteiger partial charge in [-0.15, -0.1) is 0 Å². The van der Waals surface area contributed by atoms with Crippen molar-refractivity contribution in [3.8, 4) is 0 Å². The van der Waals surface area contributed by atoms with Gasteiger partial charge in [-0.05, 0) is 328 Å². The average molecular weight is 2030 g/mol. The van der Waals surface area contributed by atoms with Gasteiger partial charge in [0.2, 0.25) is 0 Å². The molecule has 19 nitrogen and oxygen atoms in total. The van der Waals surface area contributed by atoms with Gasteiger partial charge in [0.1, 0.15) is 0 Å². The van der Waals surface area contributed by atoms with E-state index in [1.54, 1.807) is 24.3 Å². The van der Waals surface area contributed by atoms with Gasteiger partial charge in [0.05, 0.1) is 101 Å². The molecule has 0 aliphatic heterocycles. The zero-order chi connectivity index (χ0) is 105. The van der Waals surface area contributed by atoms with Gasteiger partial charge in [0, 0.05) is 89.6 Å². The third kappa shape index (κ3) is 34.4. The van der Waals surface area contributed by atoms with Crippen molar-refractivity contribution in [3.05, 3.63) is 320 Å². The normalized spacial score (nSPS) is 13.1. The van der Waals surface area contributed by atoms with Gasteiger partial charge in [0.15, 0.2) is 41.6 Å². The Bertz CT molecular complexity index is 6830. The zero-order valence-electron chi connectivity index (χ0n) is 90.5. The monoisotopic (exact) mass is 2030 g/mol. The summed E-state index contributed by atoms with van der Waals surface area (Å²) in [6.45, 7) is 58.5. The minimum absolute atomic E-state index is 0.0311. The van der Waals surface area contributed by atoms with Gasteiger partial charge in [-0.3, -0.25) is 60.2 Å². The number of aliphatic imine (C=N–C) groups is 8. The number of benzene rings is 14. The number of nitro benzene ring substituents is 2. The highest BCUT2D eigenvalue weighted by atomic mass is 28.4. The molecule has 758 valence electrons. The number of rotatable bonds is 39. The van der Waals surface area contributed by atoms with E-state index in [1.807, 2.05) is 27.7 Å². The molecule has 0 spiro atoms. The van der Waals surface area contributed by atoms with Crippen LogP contribution in [-0.4, -0.2) is 130 Å². The van der Waals surface area contributed by atoms with Crippen LogP contribution in [0.3, 0.4) is 0 Å². The molecule has 0 aromatic heterocycles. The highest BCUT2D eigenvalue weighted by Crippen LogP contribution is 2.39. The minimum Gasteiger partial charge on any atom is -0.418 e. The van der Waals surface area contributed by atoms with Gasteiger partial charge in [-0.2, -0.15) is 0 Å². The second kappa shape index (κ2) is 52.1. The Morgan fingerprint density at radius 1 is 0.234 bits per heavy atom. The second-order valence-electron chi connectivity index (χ2n) is 42.4. The van der Waals surface area contributed by atoms with Crippen molar-refractivity contribution in [3.63, 3.8) is 0 Å². The number of non-ortho nitro benzene ring substituents is 2. The minimum atomic E-state index is -1.70. The molecule has 14 aromatic rings. The van der Waals surface area contributed by atoms with E-state index in [0.29, 0.717) is 59.7 Å². The van der Waals surface area contributed by atoms with Gasteiger partial charge in [-0.25, -0.2) is 0 Å². The first-order valence-corrected chi connectivity index (χ1v) is 67.9. The van der Waals surface area contributed by atoms with Crippen molar-refractivity contribution in [2.45, 2.75) is 239 Å². The number of nitro groups is 2. The molecule has 0 amide bonds. The topological polar surface area (TPSA) is 231 Å². The first-order chi connectivity index (χ1) is 68.7. The Balaban J connectivity index is 0.000000185. The molecule has 0 saturated heterocycles. The fraction of sp³-hybridized carbons (Fsp3) is 0.339. The summed E-state index contributed by atoms with van der Waals surface area (Å²) in [5.41, 5.74) is 22.6. The summed E-state index contributed by atoms with van der Waals surface area (Å²) in [6, 6.07) is 86.7. The molecule has 14 aromatic carbocycles. The second-order valence-corrected chi connectivity index (χ2v) is 64.9. The van der Waals surface area contributed by atoms with Crippen LogP contribution in [0.1, 0.15) is 129 Å². The van der Waals surface area contributed by atoms with Crippen LogP contribution in [0.2, 0.25) is 98.2 Å². The largest absolute Gasteiger partial charge is 0.418 e. The van der Waals surface area contributed by atoms with Gasteiger partial charge in [0.25, 0.3) is 11.4 Å². The van der Waals surface area contributed by atoms with Crippen LogP contribution in [0.25, 0.3) is 64.6 Å². The van der Waals surface area contributed by atoms with Crippen LogP contribution in [0.15, 0.2) is 295 Å². The summed E-state index contributed by atoms with van der Waals surface area (Å²) in [7, 11) is -8.02. The van der Waals surface area contributed by atoms with E-state index in [9.17, 15) is 20.2 Å². The van der Waals surface area contributed by atoms with E-state index in [0.717, 1.165) is 162 Å². The van der Waals surface area contributed by atoms with E-state index in [-0.39, 0.29) is 11.4 Å². The number of hydrogen-bond acceptors (Lipinski definition) is 17. The maximum Gasteiger partial charge on any atom is 0.270 e. The molecule has 145 heavy (non-hydrogen) atoms. The van der Waals surface area contributed by atoms with Crippen LogP contribution in [0.5, 0.6) is 0 Å². The van der Waals surface area contributed by atoms with Crippen LogP contribution in [0.4, 0.5) is 56.9 Å². The molecule has 0 radical (unpaired) electrons. The molecule has 0 fully saturated rings. The molecular weight excluding hydrogens is 1880 g/mol. The lowest BCUT2D eigenvalue weighted by Crippen LogP contribution is -2.27. The molecule has 0 saturated carbocycles. The summed E-state index contributed by atoms with van der Waals surface area (Å²) >= 11 is 0. The predicted molar refractivity (Wildman–Crippen MR) is 634 cm³/mol. The Morgan fingerprint density at radius 2 is 0.441 bits per heavy atom. The van der Waals surface area contributed by atoms with Crippen LogP contribution < -0.4 is 0 Å². The Labute approximate surface area is 865 Å². The molecule has 0 atom stereocenters. The van der Waals surface area contributed by atoms with Gasteiger partial charge in [-0.1, -0.05) is 218 Å². The number of aryl methyl sites for hydroxylation is 8. The Hall–Kier alpha value is -12.3. The van der Waals surface area contributed by atoms with E-state index in [4.69, 9.17) is 62.1 Å². The molecule has 0 bridgehead atoms. The van der Waals surface area contributed by atoms with Crippen molar-refractivity contribution in [2.75, 3.05) is 33.0 Å². The van der Waals surface area contributed by atoms with E-state index >= 15 is 0 Å². The summed E-state index contributed by atoms with van der Waals surface area (Å²) in [5.74, 6) is 0. The summed E-state index contributed by atoms with van der Waals surface area (Å²) in [6.07, 6.45) is 7.91. The third-order valence-electron chi connectivity index (χ3n) is 24.5. The summed E-state index contributed by atoms with van der Waals surface area (Å²) in [4.78, 5) is 63.4. The van der Waals surface area contributed by atoms with Crippen LogP contribution in [0, 0.1) is 75.6 Å². The lowest BCUT2D eigenvalue weighted by Gasteiger charge is -2.19. The molecule has 24 heteroatoms. The number of fused-ring (bicyclic) bond motifs is 6. The lowest BCUT2D eigenvalue weighted by atomic mass is 10.0. The molecule has 14 rings (SSSR count).